The van der Waals surface area contributed by atoms with Gasteiger partial charge in [-0.05, 0) is 48.7 Å². The Hall–Kier alpha value is -2.29. The number of benzene rings is 2. The van der Waals surface area contributed by atoms with Crippen LogP contribution < -0.4 is 10.1 Å². The van der Waals surface area contributed by atoms with Crippen LogP contribution >= 0.6 is 0 Å². The maximum atomic E-state index is 10.7. The van der Waals surface area contributed by atoms with E-state index in [2.05, 4.69) is 19.2 Å². The minimum Gasteiger partial charge on any atom is -0.491 e. The minimum atomic E-state index is 0.602. The van der Waals surface area contributed by atoms with Crippen LogP contribution in [0.15, 0.2) is 48.5 Å². The van der Waals surface area contributed by atoms with Crippen molar-refractivity contribution in [2.75, 3.05) is 11.9 Å². The fraction of sp³-hybridized carbons (Fsp3) is 0.381. The van der Waals surface area contributed by atoms with Crippen LogP contribution in [0.5, 0.6) is 5.75 Å². The third-order valence-electron chi connectivity index (χ3n) is 4.23. The zero-order valence-corrected chi connectivity index (χ0v) is 14.6. The maximum Gasteiger partial charge on any atom is 0.150 e. The molecule has 0 amide bonds. The van der Waals surface area contributed by atoms with Crippen molar-refractivity contribution >= 4 is 17.7 Å². The number of hydrogen-bond donors (Lipinski definition) is 1. The Morgan fingerprint density at radius 2 is 1.83 bits per heavy atom. The first-order chi connectivity index (χ1) is 11.8. The number of anilines is 2. The van der Waals surface area contributed by atoms with Gasteiger partial charge >= 0.3 is 0 Å². The van der Waals surface area contributed by atoms with Gasteiger partial charge in [-0.3, -0.25) is 4.79 Å². The summed E-state index contributed by atoms with van der Waals surface area (Å²) in [5.74, 6) is 1.47. The highest BCUT2D eigenvalue weighted by Gasteiger charge is 2.09. The molecule has 0 aliphatic carbocycles. The van der Waals surface area contributed by atoms with Crippen LogP contribution in [-0.2, 0) is 0 Å². The van der Waals surface area contributed by atoms with E-state index in [-0.39, 0.29) is 0 Å². The summed E-state index contributed by atoms with van der Waals surface area (Å²) in [6.07, 6.45) is 5.69. The standard InChI is InChI=1S/C21H27NO2/c1-3-5-8-17(4-2)16-24-21-10-7-6-9-20(21)22-19-13-11-18(15-23)12-14-19/h6-7,9-15,17,22H,3-5,8,16H2,1-2H3. The Morgan fingerprint density at radius 3 is 2.50 bits per heavy atom. The zero-order chi connectivity index (χ0) is 17.2. The van der Waals surface area contributed by atoms with Crippen LogP contribution in [0.25, 0.3) is 0 Å². The van der Waals surface area contributed by atoms with Crippen molar-refractivity contribution in [3.8, 4) is 5.75 Å². The van der Waals surface area contributed by atoms with E-state index in [1.165, 1.54) is 19.3 Å². The number of hydrogen-bond acceptors (Lipinski definition) is 3. The maximum absolute atomic E-state index is 10.7. The molecule has 0 heterocycles. The molecule has 3 nitrogen and oxygen atoms in total. The molecule has 0 aliphatic heterocycles. The molecule has 2 aromatic rings. The van der Waals surface area contributed by atoms with E-state index in [1.54, 1.807) is 12.1 Å². The molecule has 0 saturated carbocycles. The van der Waals surface area contributed by atoms with Crippen molar-refractivity contribution in [1.82, 2.24) is 0 Å². The number of aldehydes is 1. The average molecular weight is 325 g/mol. The normalized spacial score (nSPS) is 11.8. The van der Waals surface area contributed by atoms with E-state index in [1.807, 2.05) is 36.4 Å². The van der Waals surface area contributed by atoms with Gasteiger partial charge in [0.2, 0.25) is 0 Å². The van der Waals surface area contributed by atoms with E-state index < -0.39 is 0 Å². The molecule has 1 unspecified atom stereocenters. The lowest BCUT2D eigenvalue weighted by Gasteiger charge is -2.18. The highest BCUT2D eigenvalue weighted by molar-refractivity contribution is 5.76. The predicted molar refractivity (Wildman–Crippen MR) is 100 cm³/mol. The molecule has 24 heavy (non-hydrogen) atoms. The first-order valence-electron chi connectivity index (χ1n) is 8.80. The lowest BCUT2D eigenvalue weighted by Crippen LogP contribution is -2.12. The summed E-state index contributed by atoms with van der Waals surface area (Å²) in [6.45, 7) is 5.20. The second-order valence-corrected chi connectivity index (χ2v) is 6.09. The Morgan fingerprint density at radius 1 is 1.08 bits per heavy atom. The Kier molecular flexibility index (Phi) is 7.34. The van der Waals surface area contributed by atoms with Crippen molar-refractivity contribution in [2.45, 2.75) is 39.5 Å². The SMILES string of the molecule is CCCCC(CC)COc1ccccc1Nc1ccc(C=O)cc1. The molecule has 0 spiro atoms. The predicted octanol–water partition coefficient (Wildman–Crippen LogP) is 5.84. The van der Waals surface area contributed by atoms with E-state index in [0.717, 1.165) is 36.4 Å². The van der Waals surface area contributed by atoms with Crippen molar-refractivity contribution in [3.05, 3.63) is 54.1 Å². The second kappa shape index (κ2) is 9.76. The summed E-state index contributed by atoms with van der Waals surface area (Å²) >= 11 is 0. The molecule has 0 radical (unpaired) electrons. The largest absolute Gasteiger partial charge is 0.491 e. The smallest absolute Gasteiger partial charge is 0.150 e. The first-order valence-corrected chi connectivity index (χ1v) is 8.80. The summed E-state index contributed by atoms with van der Waals surface area (Å²) in [5, 5.41) is 3.37. The third kappa shape index (κ3) is 5.41. The molecule has 2 rings (SSSR count). The molecule has 3 heteroatoms. The number of carbonyl (C=O) groups excluding carboxylic acids is 1. The lowest BCUT2D eigenvalue weighted by atomic mass is 10.0. The summed E-state index contributed by atoms with van der Waals surface area (Å²) in [5.41, 5.74) is 2.56. The Balaban J connectivity index is 2.02. The Labute approximate surface area is 145 Å². The Bertz CT molecular complexity index is 622. The van der Waals surface area contributed by atoms with E-state index in [0.29, 0.717) is 11.5 Å². The van der Waals surface area contributed by atoms with E-state index in [4.69, 9.17) is 4.74 Å². The van der Waals surface area contributed by atoms with Gasteiger partial charge in [-0.2, -0.15) is 0 Å². The molecule has 1 N–H and O–H groups in total. The number of ether oxygens (including phenoxy) is 1. The molecule has 1 atom stereocenters. The van der Waals surface area contributed by atoms with Crippen LogP contribution in [0.3, 0.4) is 0 Å². The monoisotopic (exact) mass is 325 g/mol. The van der Waals surface area contributed by atoms with Gasteiger partial charge in [0.15, 0.2) is 0 Å². The molecule has 128 valence electrons. The van der Waals surface area contributed by atoms with Gasteiger partial charge in [-0.1, -0.05) is 45.2 Å². The van der Waals surface area contributed by atoms with Crippen molar-refractivity contribution in [2.24, 2.45) is 5.92 Å². The molecule has 0 bridgehead atoms. The number of nitrogens with one attached hydrogen (secondary N) is 1. The van der Waals surface area contributed by atoms with E-state index in [9.17, 15) is 4.79 Å². The number of unbranched alkanes of at least 4 members (excludes halogenated alkanes) is 1. The van der Waals surface area contributed by atoms with Crippen molar-refractivity contribution < 1.29 is 9.53 Å². The van der Waals surface area contributed by atoms with Crippen LogP contribution in [0, 0.1) is 5.92 Å². The van der Waals surface area contributed by atoms with Gasteiger partial charge in [0.1, 0.15) is 12.0 Å². The fourth-order valence-corrected chi connectivity index (χ4v) is 2.60. The average Bonchev–Trinajstić information content (AvgIpc) is 2.63. The van der Waals surface area contributed by atoms with Gasteiger partial charge in [0, 0.05) is 11.3 Å². The van der Waals surface area contributed by atoms with Gasteiger partial charge < -0.3 is 10.1 Å². The molecule has 0 saturated heterocycles. The minimum absolute atomic E-state index is 0.602. The van der Waals surface area contributed by atoms with Gasteiger partial charge in [0.25, 0.3) is 0 Å². The molecular weight excluding hydrogens is 298 g/mol. The van der Waals surface area contributed by atoms with Gasteiger partial charge in [0.05, 0.1) is 12.3 Å². The zero-order valence-electron chi connectivity index (χ0n) is 14.6. The van der Waals surface area contributed by atoms with Crippen LogP contribution in [0.1, 0.15) is 49.9 Å². The fourth-order valence-electron chi connectivity index (χ4n) is 2.60. The molecule has 0 aromatic heterocycles. The summed E-state index contributed by atoms with van der Waals surface area (Å²) in [4.78, 5) is 10.7. The van der Waals surface area contributed by atoms with Crippen LogP contribution in [0.4, 0.5) is 11.4 Å². The number of rotatable bonds is 10. The van der Waals surface area contributed by atoms with Crippen molar-refractivity contribution in [1.29, 1.82) is 0 Å². The quantitative estimate of drug-likeness (QED) is 0.558. The summed E-state index contributed by atoms with van der Waals surface area (Å²) in [6, 6.07) is 15.4. The van der Waals surface area contributed by atoms with Crippen LogP contribution in [-0.4, -0.2) is 12.9 Å². The van der Waals surface area contributed by atoms with Crippen molar-refractivity contribution in [3.63, 3.8) is 0 Å². The van der Waals surface area contributed by atoms with Crippen LogP contribution in [0.2, 0.25) is 0 Å². The second-order valence-electron chi connectivity index (χ2n) is 6.09. The molecule has 2 aromatic carbocycles. The third-order valence-corrected chi connectivity index (χ3v) is 4.23. The highest BCUT2D eigenvalue weighted by atomic mass is 16.5. The van der Waals surface area contributed by atoms with Gasteiger partial charge in [-0.25, -0.2) is 0 Å². The highest BCUT2D eigenvalue weighted by Crippen LogP contribution is 2.28. The number of para-hydroxylation sites is 2. The first kappa shape index (κ1) is 18.1. The van der Waals surface area contributed by atoms with Gasteiger partial charge in [-0.15, -0.1) is 0 Å². The lowest BCUT2D eigenvalue weighted by molar-refractivity contribution is 0.112. The summed E-state index contributed by atoms with van der Waals surface area (Å²) < 4.78 is 6.09. The topological polar surface area (TPSA) is 38.3 Å². The molecule has 0 fully saturated rings. The number of carbonyl (C=O) groups is 1. The molecular formula is C21H27NO2. The summed E-state index contributed by atoms with van der Waals surface area (Å²) in [7, 11) is 0. The molecule has 0 aliphatic rings. The van der Waals surface area contributed by atoms with E-state index >= 15 is 0 Å².